The van der Waals surface area contributed by atoms with Crippen LogP contribution in [0.3, 0.4) is 0 Å². The molecule has 0 saturated heterocycles. The molecule has 0 spiro atoms. The van der Waals surface area contributed by atoms with E-state index in [0.717, 1.165) is 17.0 Å². The van der Waals surface area contributed by atoms with Crippen molar-refractivity contribution in [3.05, 3.63) is 102 Å². The van der Waals surface area contributed by atoms with E-state index in [4.69, 9.17) is 4.74 Å². The van der Waals surface area contributed by atoms with Gasteiger partial charge in [-0.05, 0) is 55.0 Å². The molecule has 0 atom stereocenters. The Kier molecular flexibility index (Phi) is 7.74. The molecule has 0 aliphatic carbocycles. The van der Waals surface area contributed by atoms with Crippen LogP contribution in [0.5, 0.6) is 5.75 Å². The van der Waals surface area contributed by atoms with Crippen molar-refractivity contribution in [3.8, 4) is 11.4 Å². The van der Waals surface area contributed by atoms with Crippen molar-refractivity contribution < 1.29 is 18.7 Å². The van der Waals surface area contributed by atoms with E-state index in [-0.39, 0.29) is 17.9 Å². The van der Waals surface area contributed by atoms with Crippen LogP contribution in [0.2, 0.25) is 0 Å². The minimum absolute atomic E-state index is 0.0205. The number of nitrogens with zero attached hydrogens (tertiary/aromatic N) is 3. The van der Waals surface area contributed by atoms with Gasteiger partial charge in [0.05, 0.1) is 5.75 Å². The van der Waals surface area contributed by atoms with Gasteiger partial charge in [-0.3, -0.25) is 25.0 Å². The topological polar surface area (TPSA) is 98.1 Å². The van der Waals surface area contributed by atoms with Crippen molar-refractivity contribution in [1.29, 1.82) is 0 Å². The maximum Gasteiger partial charge on any atom is 0.269 e. The van der Waals surface area contributed by atoms with Crippen molar-refractivity contribution >= 4 is 23.6 Å². The SMILES string of the molecule is Cc1ccccc1OCc1nnc(SCC(=O)NNC(=O)c2ccc(F)cc2)n1-c1ccccc1. The highest BCUT2D eigenvalue weighted by Gasteiger charge is 2.17. The zero-order chi connectivity index (χ0) is 24.6. The summed E-state index contributed by atoms with van der Waals surface area (Å²) in [5.74, 6) is -0.134. The molecule has 0 aliphatic heterocycles. The number of nitrogens with one attached hydrogen (secondary N) is 2. The van der Waals surface area contributed by atoms with E-state index in [1.165, 1.54) is 36.0 Å². The molecule has 8 nitrogen and oxygen atoms in total. The Morgan fingerprint density at radius 1 is 0.943 bits per heavy atom. The van der Waals surface area contributed by atoms with Gasteiger partial charge in [0.15, 0.2) is 11.0 Å². The molecular weight excluding hydrogens is 469 g/mol. The number of aryl methyl sites for hydroxylation is 1. The van der Waals surface area contributed by atoms with Gasteiger partial charge < -0.3 is 4.74 Å². The molecule has 0 radical (unpaired) electrons. The molecule has 1 heterocycles. The van der Waals surface area contributed by atoms with E-state index in [2.05, 4.69) is 21.0 Å². The van der Waals surface area contributed by atoms with Gasteiger partial charge in [0.1, 0.15) is 18.2 Å². The molecule has 0 unspecified atom stereocenters. The number of ether oxygens (including phenoxy) is 1. The fraction of sp³-hybridized carbons (Fsp3) is 0.120. The molecule has 1 aromatic heterocycles. The van der Waals surface area contributed by atoms with Gasteiger partial charge in [0.25, 0.3) is 5.91 Å². The van der Waals surface area contributed by atoms with Crippen LogP contribution in [0.15, 0.2) is 84.0 Å². The second-order valence-electron chi connectivity index (χ2n) is 7.42. The predicted molar refractivity (Wildman–Crippen MR) is 130 cm³/mol. The van der Waals surface area contributed by atoms with E-state index in [9.17, 15) is 14.0 Å². The first-order valence-corrected chi connectivity index (χ1v) is 11.7. The maximum atomic E-state index is 13.0. The van der Waals surface area contributed by atoms with Crippen LogP contribution in [-0.4, -0.2) is 32.3 Å². The highest BCUT2D eigenvalue weighted by molar-refractivity contribution is 7.99. The molecular formula is C25H22FN5O3S. The van der Waals surface area contributed by atoms with Gasteiger partial charge in [-0.25, -0.2) is 4.39 Å². The fourth-order valence-electron chi connectivity index (χ4n) is 3.15. The minimum Gasteiger partial charge on any atom is -0.485 e. The average molecular weight is 492 g/mol. The minimum atomic E-state index is -0.550. The third-order valence-electron chi connectivity index (χ3n) is 4.92. The molecule has 35 heavy (non-hydrogen) atoms. The summed E-state index contributed by atoms with van der Waals surface area (Å²) in [6.45, 7) is 2.15. The lowest BCUT2D eigenvalue weighted by Gasteiger charge is -2.12. The Morgan fingerprint density at radius 2 is 1.66 bits per heavy atom. The Morgan fingerprint density at radius 3 is 2.40 bits per heavy atom. The maximum absolute atomic E-state index is 13.0. The summed E-state index contributed by atoms with van der Waals surface area (Å²) in [4.78, 5) is 24.4. The first-order valence-electron chi connectivity index (χ1n) is 10.7. The summed E-state index contributed by atoms with van der Waals surface area (Å²) in [6.07, 6.45) is 0. The van der Waals surface area contributed by atoms with Crippen LogP contribution in [0.25, 0.3) is 5.69 Å². The number of rotatable bonds is 8. The number of para-hydroxylation sites is 2. The Bertz CT molecular complexity index is 1310. The van der Waals surface area contributed by atoms with Gasteiger partial charge in [0, 0.05) is 11.3 Å². The molecule has 2 N–H and O–H groups in total. The van der Waals surface area contributed by atoms with Gasteiger partial charge in [-0.1, -0.05) is 48.2 Å². The van der Waals surface area contributed by atoms with E-state index < -0.39 is 17.6 Å². The second-order valence-corrected chi connectivity index (χ2v) is 8.36. The van der Waals surface area contributed by atoms with Crippen LogP contribution in [0, 0.1) is 12.7 Å². The third kappa shape index (κ3) is 6.24. The average Bonchev–Trinajstić information content (AvgIpc) is 3.29. The number of benzene rings is 3. The summed E-state index contributed by atoms with van der Waals surface area (Å²) in [5, 5.41) is 9.01. The number of halogens is 1. The summed E-state index contributed by atoms with van der Waals surface area (Å²) >= 11 is 1.17. The number of aromatic nitrogens is 3. The zero-order valence-corrected chi connectivity index (χ0v) is 19.6. The summed E-state index contributed by atoms with van der Waals surface area (Å²) in [5.41, 5.74) is 6.72. The largest absolute Gasteiger partial charge is 0.485 e. The Balaban J connectivity index is 1.41. The van der Waals surface area contributed by atoms with Crippen LogP contribution >= 0.6 is 11.8 Å². The van der Waals surface area contributed by atoms with Crippen LogP contribution < -0.4 is 15.6 Å². The van der Waals surface area contributed by atoms with E-state index >= 15 is 0 Å². The standard InChI is InChI=1S/C25H22FN5O3S/c1-17-7-5-6-10-21(17)34-15-22-27-30-25(31(22)20-8-3-2-4-9-20)35-16-23(32)28-29-24(33)18-11-13-19(26)14-12-18/h2-14H,15-16H2,1H3,(H,28,32)(H,29,33). The number of carbonyl (C=O) groups excluding carboxylic acids is 2. The lowest BCUT2D eigenvalue weighted by molar-refractivity contribution is -0.119. The van der Waals surface area contributed by atoms with E-state index in [1.54, 1.807) is 0 Å². The van der Waals surface area contributed by atoms with Gasteiger partial charge in [-0.15, -0.1) is 10.2 Å². The number of hydrogen-bond donors (Lipinski definition) is 2. The first-order chi connectivity index (χ1) is 17.0. The normalized spacial score (nSPS) is 10.6. The fourth-order valence-corrected chi connectivity index (χ4v) is 3.92. The van der Waals surface area contributed by atoms with Crippen molar-refractivity contribution in [2.24, 2.45) is 0 Å². The highest BCUT2D eigenvalue weighted by atomic mass is 32.2. The van der Waals surface area contributed by atoms with Gasteiger partial charge in [-0.2, -0.15) is 0 Å². The van der Waals surface area contributed by atoms with E-state index in [1.807, 2.05) is 66.1 Å². The quantitative estimate of drug-likeness (QED) is 0.287. The molecule has 2 amide bonds. The Labute approximate surface area is 205 Å². The molecule has 178 valence electrons. The molecule has 0 fully saturated rings. The van der Waals surface area contributed by atoms with Crippen molar-refractivity contribution in [1.82, 2.24) is 25.6 Å². The van der Waals surface area contributed by atoms with E-state index in [0.29, 0.717) is 11.0 Å². The van der Waals surface area contributed by atoms with Crippen molar-refractivity contribution in [2.75, 3.05) is 5.75 Å². The monoisotopic (exact) mass is 491 g/mol. The molecule has 4 rings (SSSR count). The van der Waals surface area contributed by atoms with Gasteiger partial charge in [0.2, 0.25) is 5.91 Å². The van der Waals surface area contributed by atoms with Crippen LogP contribution in [0.1, 0.15) is 21.7 Å². The molecule has 4 aromatic rings. The smallest absolute Gasteiger partial charge is 0.269 e. The number of amides is 2. The Hall–Kier alpha value is -4.18. The van der Waals surface area contributed by atoms with Crippen LogP contribution in [0.4, 0.5) is 4.39 Å². The predicted octanol–water partition coefficient (Wildman–Crippen LogP) is 3.85. The summed E-state index contributed by atoms with van der Waals surface area (Å²) in [7, 11) is 0. The molecule has 10 heteroatoms. The lowest BCUT2D eigenvalue weighted by atomic mass is 10.2. The van der Waals surface area contributed by atoms with Crippen LogP contribution in [-0.2, 0) is 11.4 Å². The summed E-state index contributed by atoms with van der Waals surface area (Å²) in [6, 6.07) is 22.2. The molecule has 0 saturated carbocycles. The van der Waals surface area contributed by atoms with Crippen molar-refractivity contribution in [3.63, 3.8) is 0 Å². The molecule has 0 aliphatic rings. The number of hydrazine groups is 1. The lowest BCUT2D eigenvalue weighted by Crippen LogP contribution is -2.42. The third-order valence-corrected chi connectivity index (χ3v) is 5.85. The van der Waals surface area contributed by atoms with Gasteiger partial charge >= 0.3 is 0 Å². The molecule has 0 bridgehead atoms. The highest BCUT2D eigenvalue weighted by Crippen LogP contribution is 2.24. The first kappa shape index (κ1) is 24.0. The van der Waals surface area contributed by atoms with Crippen molar-refractivity contribution in [2.45, 2.75) is 18.7 Å². The number of carbonyl (C=O) groups is 2. The molecule has 3 aromatic carbocycles. The summed E-state index contributed by atoms with van der Waals surface area (Å²) < 4.78 is 20.8. The number of hydrogen-bond acceptors (Lipinski definition) is 6. The zero-order valence-electron chi connectivity index (χ0n) is 18.8. The second kappa shape index (κ2) is 11.3. The number of thioether (sulfide) groups is 1.